The zero-order valence-electron chi connectivity index (χ0n) is 35.9. The van der Waals surface area contributed by atoms with Gasteiger partial charge in [-0.1, -0.05) is 48.5 Å². The van der Waals surface area contributed by atoms with Gasteiger partial charge in [0.15, 0.2) is 0 Å². The average Bonchev–Trinajstić information content (AvgIpc) is 3.84. The Morgan fingerprint density at radius 2 is 0.386 bits per heavy atom. The molecule has 4 heterocycles. The van der Waals surface area contributed by atoms with E-state index in [1.54, 1.807) is 0 Å². The first kappa shape index (κ1) is 69.8. The number of hydrogen-bond donors (Lipinski definition) is 0. The normalized spacial score (nSPS) is 19.4. The van der Waals surface area contributed by atoms with Crippen LogP contribution >= 0.6 is 31.2 Å². The minimum atomic E-state index is -10.7. The van der Waals surface area contributed by atoms with E-state index in [1.807, 2.05) is 97.4 Å². The minimum Gasteiger partial charge on any atom is 2.00 e. The second-order valence-electron chi connectivity index (χ2n) is 14.0. The van der Waals surface area contributed by atoms with Gasteiger partial charge in [0.05, 0.1) is 0 Å². The van der Waals surface area contributed by atoms with E-state index in [9.17, 15) is 101 Å². The van der Waals surface area contributed by atoms with Gasteiger partial charge < -0.3 is 39.2 Å². The molecule has 0 bridgehead atoms. The fourth-order valence-corrected chi connectivity index (χ4v) is 4.44. The quantitative estimate of drug-likeness (QED) is 0.147. The van der Waals surface area contributed by atoms with Crippen molar-refractivity contribution in [3.05, 3.63) is 147 Å². The fraction of sp³-hybridized carbons (Fsp3) is 0.250. The molecule has 0 amide bonds. The second kappa shape index (κ2) is 20.8. The Morgan fingerprint density at radius 3 is 0.471 bits per heavy atom. The van der Waals surface area contributed by atoms with Crippen molar-refractivity contribution >= 4 is 31.2 Å². The molecule has 8 radical (unpaired) electrons. The van der Waals surface area contributed by atoms with Crippen LogP contribution < -0.4 is 0 Å². The SMILES string of the molecule is CN1[C]N(Cc2ccc(CN3[C]N(C)C=C3)cc2)C=C1.CN1[C]N(Cc2ccc(CN3[C]N(C)C=C3)cc2)C=C1.F[P-](F)(F)(F)(F)F.F[P-](F)(F)(F)(F)F.F[P-](F)(F)(F)(F)F.F[P-](F)(F)(F)(F)F.[Hg+2].[Hg+2]. The topological polar surface area (TPSA) is 25.9 Å². The zero-order valence-corrected chi connectivity index (χ0v) is 50.5. The van der Waals surface area contributed by atoms with Gasteiger partial charge in [0, 0.05) is 104 Å². The molecule has 0 aliphatic carbocycles. The molecule has 70 heavy (non-hydrogen) atoms. The number of hydrogen-bond acceptors (Lipinski definition) is 8. The summed E-state index contributed by atoms with van der Waals surface area (Å²) in [5, 5.41) is 0. The van der Waals surface area contributed by atoms with Crippen LogP contribution in [-0.4, -0.2) is 67.4 Å². The van der Waals surface area contributed by atoms with Gasteiger partial charge in [-0.2, -0.15) is 0 Å². The average molecular weight is 1510 g/mol. The van der Waals surface area contributed by atoms with Crippen molar-refractivity contribution in [2.45, 2.75) is 26.2 Å². The third-order valence-electron chi connectivity index (χ3n) is 6.48. The maximum Gasteiger partial charge on any atom is 2.00 e. The summed E-state index contributed by atoms with van der Waals surface area (Å²) in [4.78, 5) is 15.9. The first-order valence-electron chi connectivity index (χ1n) is 17.4. The van der Waals surface area contributed by atoms with E-state index in [4.69, 9.17) is 0 Å². The molecular formula is C32H36F24Hg2N8P4. The van der Waals surface area contributed by atoms with Crippen LogP contribution in [-0.2, 0) is 81.5 Å². The van der Waals surface area contributed by atoms with Crippen LogP contribution in [0, 0.1) is 26.7 Å². The molecule has 0 N–H and O–H groups in total. The van der Waals surface area contributed by atoms with Crippen LogP contribution in [0.15, 0.2) is 98.1 Å². The molecule has 0 saturated heterocycles. The van der Waals surface area contributed by atoms with Crippen molar-refractivity contribution in [3.8, 4) is 0 Å². The Balaban J connectivity index is 0. The molecule has 4 aliphatic heterocycles. The van der Waals surface area contributed by atoms with E-state index < -0.39 is 31.2 Å². The first-order valence-corrected chi connectivity index (χ1v) is 25.5. The fourth-order valence-electron chi connectivity index (χ4n) is 4.44. The van der Waals surface area contributed by atoms with Gasteiger partial charge in [0.2, 0.25) is 26.7 Å². The summed E-state index contributed by atoms with van der Waals surface area (Å²) in [6.07, 6.45) is 16.1. The maximum absolute atomic E-state index is 10.7. The van der Waals surface area contributed by atoms with E-state index in [-0.39, 0.29) is 55.3 Å². The van der Waals surface area contributed by atoms with Gasteiger partial charge in [-0.25, -0.2) is 0 Å². The van der Waals surface area contributed by atoms with E-state index in [1.165, 1.54) is 22.3 Å². The zero-order chi connectivity index (χ0) is 53.5. The van der Waals surface area contributed by atoms with Crippen molar-refractivity contribution in [2.75, 3.05) is 28.2 Å². The van der Waals surface area contributed by atoms with E-state index in [0.29, 0.717) is 0 Å². The third-order valence-corrected chi connectivity index (χ3v) is 6.48. The van der Waals surface area contributed by atoms with Crippen molar-refractivity contribution in [1.82, 2.24) is 39.2 Å². The molecule has 2 aromatic rings. The van der Waals surface area contributed by atoms with Crippen molar-refractivity contribution in [3.63, 3.8) is 0 Å². The summed E-state index contributed by atoms with van der Waals surface area (Å²) in [6.45, 7) is 16.2. The van der Waals surface area contributed by atoms with Crippen molar-refractivity contribution in [2.24, 2.45) is 0 Å². The Bertz CT molecular complexity index is 1760. The minimum absolute atomic E-state index is 0. The summed E-state index contributed by atoms with van der Waals surface area (Å²) in [5.74, 6) is 0. The summed E-state index contributed by atoms with van der Waals surface area (Å²) in [5.41, 5.74) is 5.12. The molecule has 4 aliphatic rings. The molecule has 0 spiro atoms. The number of nitrogens with zero attached hydrogens (tertiary/aromatic N) is 8. The monoisotopic (exact) mass is 1520 g/mol. The van der Waals surface area contributed by atoms with Crippen LogP contribution in [0.4, 0.5) is 101 Å². The summed E-state index contributed by atoms with van der Waals surface area (Å²) in [6, 6.07) is 17.4. The second-order valence-corrected chi connectivity index (χ2v) is 21.7. The largest absolute Gasteiger partial charge is 2.00 e. The summed E-state index contributed by atoms with van der Waals surface area (Å²) in [7, 11) is -34.7. The number of benzene rings is 2. The Kier molecular flexibility index (Phi) is 20.7. The van der Waals surface area contributed by atoms with Crippen molar-refractivity contribution in [1.29, 1.82) is 0 Å². The number of halogens is 24. The maximum atomic E-state index is 9.87. The first-order chi connectivity index (χ1) is 29.2. The van der Waals surface area contributed by atoms with Crippen LogP contribution in [0.25, 0.3) is 0 Å². The van der Waals surface area contributed by atoms with Gasteiger partial charge >= 0.3 is 187 Å². The van der Waals surface area contributed by atoms with Crippen molar-refractivity contribution < 1.29 is 156 Å². The van der Waals surface area contributed by atoms with Gasteiger partial charge in [0.25, 0.3) is 0 Å². The van der Waals surface area contributed by atoms with Crippen LogP contribution in [0.2, 0.25) is 0 Å². The Hall–Kier alpha value is -2.29. The van der Waals surface area contributed by atoms with Crippen LogP contribution in [0.5, 0.6) is 0 Å². The molecule has 38 heteroatoms. The third kappa shape index (κ3) is 56.6. The van der Waals surface area contributed by atoms with E-state index in [2.05, 4.69) is 94.8 Å². The smallest absolute Gasteiger partial charge is 2.00 e. The Labute approximate surface area is 425 Å². The van der Waals surface area contributed by atoms with Gasteiger partial charge in [-0.3, -0.25) is 0 Å². The summed E-state index contributed by atoms with van der Waals surface area (Å²) >= 11 is 0. The van der Waals surface area contributed by atoms with Crippen LogP contribution in [0.1, 0.15) is 22.3 Å². The van der Waals surface area contributed by atoms with E-state index >= 15 is 0 Å². The summed E-state index contributed by atoms with van der Waals surface area (Å²) < 4.78 is 237. The molecule has 0 aromatic heterocycles. The van der Waals surface area contributed by atoms with Crippen LogP contribution in [0.3, 0.4) is 0 Å². The van der Waals surface area contributed by atoms with Gasteiger partial charge in [0.1, 0.15) is 0 Å². The Morgan fingerprint density at radius 1 is 0.271 bits per heavy atom. The standard InChI is InChI=1S/2C16H18N4.4F6P.2Hg/c2*1-17-7-9-19(13-17)11-15-3-5-16(6-4-15)12-20-10-8-18(2)14-20;4*1-7(2,3,4,5)6;;/h2*3-10H,11-12H2,1-2H3;;;;;;/q;;4*-1;2*+2. The number of rotatable bonds is 8. The molecule has 6 rings (SSSR count). The molecule has 0 unspecified atom stereocenters. The predicted octanol–water partition coefficient (Wildman–Crippen LogP) is 17.8. The molecule has 0 atom stereocenters. The van der Waals surface area contributed by atoms with E-state index in [0.717, 1.165) is 26.2 Å². The molecule has 0 saturated carbocycles. The molecular weight excluding hydrogens is 1480 g/mol. The molecule has 0 fully saturated rings. The predicted molar refractivity (Wildman–Crippen MR) is 210 cm³/mol. The molecule has 2 aromatic carbocycles. The van der Waals surface area contributed by atoms with Gasteiger partial charge in [-0.15, -0.1) is 0 Å². The molecule has 396 valence electrons. The van der Waals surface area contributed by atoms with Gasteiger partial charge in [-0.05, 0) is 22.3 Å². The molecule has 8 nitrogen and oxygen atoms in total.